The van der Waals surface area contributed by atoms with Gasteiger partial charge in [-0.05, 0) is 29.7 Å². The van der Waals surface area contributed by atoms with E-state index < -0.39 is 0 Å². The molecule has 110 valence electrons. The van der Waals surface area contributed by atoms with Crippen LogP contribution >= 0.6 is 0 Å². The summed E-state index contributed by atoms with van der Waals surface area (Å²) >= 11 is 0. The molecule has 3 heteroatoms. The molecule has 0 spiro atoms. The summed E-state index contributed by atoms with van der Waals surface area (Å²) in [6, 6.07) is 16.4. The molecular weight excluding hydrogens is 262 g/mol. The highest BCUT2D eigenvalue weighted by atomic mass is 16.6. The zero-order valence-electron chi connectivity index (χ0n) is 12.3. The summed E-state index contributed by atoms with van der Waals surface area (Å²) in [5.41, 5.74) is 2.76. The van der Waals surface area contributed by atoms with Crippen molar-refractivity contribution < 1.29 is 9.47 Å². The zero-order valence-corrected chi connectivity index (χ0v) is 12.3. The molecule has 3 rings (SSSR count). The number of nitrogens with one attached hydrogen (secondary N) is 1. The lowest BCUT2D eigenvalue weighted by Gasteiger charge is -2.26. The predicted octanol–water partition coefficient (Wildman–Crippen LogP) is 3.18. The van der Waals surface area contributed by atoms with E-state index in [0.29, 0.717) is 6.61 Å². The number of aryl methyl sites for hydroxylation is 1. The minimum Gasteiger partial charge on any atom is -0.486 e. The van der Waals surface area contributed by atoms with E-state index in [0.717, 1.165) is 31.0 Å². The lowest BCUT2D eigenvalue weighted by Crippen LogP contribution is -2.38. The Morgan fingerprint density at radius 1 is 1.00 bits per heavy atom. The minimum absolute atomic E-state index is 0.0636. The molecule has 0 saturated carbocycles. The van der Waals surface area contributed by atoms with Gasteiger partial charge in [-0.2, -0.15) is 0 Å². The molecule has 1 atom stereocenters. The van der Waals surface area contributed by atoms with Crippen LogP contribution in [0, 0.1) is 0 Å². The molecule has 0 bridgehead atoms. The van der Waals surface area contributed by atoms with Gasteiger partial charge in [-0.1, -0.05) is 43.3 Å². The Morgan fingerprint density at radius 3 is 2.52 bits per heavy atom. The molecule has 2 aromatic rings. The normalized spacial score (nSPS) is 16.7. The van der Waals surface area contributed by atoms with Crippen LogP contribution in [0.5, 0.6) is 11.5 Å². The molecule has 0 amide bonds. The second-order valence-corrected chi connectivity index (χ2v) is 5.25. The summed E-state index contributed by atoms with van der Waals surface area (Å²) in [5, 5.41) is 3.47. The minimum atomic E-state index is 0.0636. The van der Waals surface area contributed by atoms with Gasteiger partial charge in [0.2, 0.25) is 0 Å². The summed E-state index contributed by atoms with van der Waals surface area (Å²) in [4.78, 5) is 0. The maximum absolute atomic E-state index is 5.94. The molecule has 0 saturated heterocycles. The molecular formula is C18H21NO2. The number of rotatable bonds is 5. The van der Waals surface area contributed by atoms with Crippen LogP contribution in [0.1, 0.15) is 18.1 Å². The van der Waals surface area contributed by atoms with Gasteiger partial charge in [0.25, 0.3) is 0 Å². The molecule has 21 heavy (non-hydrogen) atoms. The van der Waals surface area contributed by atoms with E-state index in [9.17, 15) is 0 Å². The van der Waals surface area contributed by atoms with Crippen LogP contribution in [-0.4, -0.2) is 19.3 Å². The summed E-state index contributed by atoms with van der Waals surface area (Å²) in [5.74, 6) is 1.68. The van der Waals surface area contributed by atoms with Gasteiger partial charge >= 0.3 is 0 Å². The molecule has 1 N–H and O–H groups in total. The van der Waals surface area contributed by atoms with Gasteiger partial charge in [0.05, 0.1) is 0 Å². The van der Waals surface area contributed by atoms with E-state index in [1.807, 2.05) is 24.3 Å². The molecule has 2 aromatic carbocycles. The molecule has 1 aliphatic heterocycles. The third kappa shape index (κ3) is 3.37. The fourth-order valence-electron chi connectivity index (χ4n) is 2.61. The van der Waals surface area contributed by atoms with Crippen LogP contribution in [0.3, 0.4) is 0 Å². The van der Waals surface area contributed by atoms with E-state index in [2.05, 4.69) is 36.5 Å². The Bertz CT molecular complexity index is 597. The van der Waals surface area contributed by atoms with Crippen molar-refractivity contribution in [1.29, 1.82) is 0 Å². The molecule has 1 heterocycles. The predicted molar refractivity (Wildman–Crippen MR) is 83.9 cm³/mol. The Balaban J connectivity index is 1.53. The Morgan fingerprint density at radius 2 is 1.71 bits per heavy atom. The fourth-order valence-corrected chi connectivity index (χ4v) is 2.61. The maximum Gasteiger partial charge on any atom is 0.161 e. The van der Waals surface area contributed by atoms with Gasteiger partial charge in [0.1, 0.15) is 12.7 Å². The molecule has 0 aliphatic carbocycles. The quantitative estimate of drug-likeness (QED) is 0.914. The number of para-hydroxylation sites is 2. The number of benzene rings is 2. The average molecular weight is 283 g/mol. The van der Waals surface area contributed by atoms with E-state index in [-0.39, 0.29) is 6.10 Å². The first-order valence-corrected chi connectivity index (χ1v) is 7.53. The number of fused-ring (bicyclic) bond motifs is 1. The Labute approximate surface area is 125 Å². The van der Waals surface area contributed by atoms with Crippen LogP contribution in [0.2, 0.25) is 0 Å². The summed E-state index contributed by atoms with van der Waals surface area (Å²) in [6.45, 7) is 4.44. The molecule has 1 unspecified atom stereocenters. The fraction of sp³-hybridized carbons (Fsp3) is 0.333. The van der Waals surface area contributed by atoms with E-state index >= 15 is 0 Å². The SMILES string of the molecule is CCc1ccccc1CNCC1COc2ccccc2O1. The summed E-state index contributed by atoms with van der Waals surface area (Å²) in [7, 11) is 0. The van der Waals surface area contributed by atoms with Gasteiger partial charge in [-0.3, -0.25) is 0 Å². The summed E-state index contributed by atoms with van der Waals surface area (Å²) in [6.07, 6.45) is 1.13. The van der Waals surface area contributed by atoms with Gasteiger partial charge in [0, 0.05) is 13.1 Å². The molecule has 0 aromatic heterocycles. The third-order valence-electron chi connectivity index (χ3n) is 3.75. The van der Waals surface area contributed by atoms with Crippen molar-refractivity contribution >= 4 is 0 Å². The Kier molecular flexibility index (Phi) is 4.41. The number of hydrogen-bond donors (Lipinski definition) is 1. The van der Waals surface area contributed by atoms with Gasteiger partial charge < -0.3 is 14.8 Å². The van der Waals surface area contributed by atoms with Crippen LogP contribution in [0.15, 0.2) is 48.5 Å². The van der Waals surface area contributed by atoms with Crippen molar-refractivity contribution in [3.8, 4) is 11.5 Å². The van der Waals surface area contributed by atoms with E-state index in [1.54, 1.807) is 0 Å². The topological polar surface area (TPSA) is 30.5 Å². The van der Waals surface area contributed by atoms with Crippen molar-refractivity contribution in [1.82, 2.24) is 5.32 Å². The first kappa shape index (κ1) is 14.0. The van der Waals surface area contributed by atoms with Crippen molar-refractivity contribution in [2.24, 2.45) is 0 Å². The highest BCUT2D eigenvalue weighted by molar-refractivity contribution is 5.40. The van der Waals surface area contributed by atoms with E-state index in [4.69, 9.17) is 9.47 Å². The van der Waals surface area contributed by atoms with Crippen molar-refractivity contribution in [2.75, 3.05) is 13.2 Å². The monoisotopic (exact) mass is 283 g/mol. The van der Waals surface area contributed by atoms with Gasteiger partial charge in [-0.15, -0.1) is 0 Å². The smallest absolute Gasteiger partial charge is 0.161 e. The summed E-state index contributed by atoms with van der Waals surface area (Å²) < 4.78 is 11.7. The standard InChI is InChI=1S/C18H21NO2/c1-2-14-7-3-4-8-15(14)11-19-12-16-13-20-17-9-5-6-10-18(17)21-16/h3-10,16,19H,2,11-13H2,1H3. The first-order chi connectivity index (χ1) is 10.4. The van der Waals surface area contributed by atoms with Crippen molar-refractivity contribution in [2.45, 2.75) is 26.0 Å². The Hall–Kier alpha value is -2.00. The van der Waals surface area contributed by atoms with Crippen LogP contribution in [-0.2, 0) is 13.0 Å². The second kappa shape index (κ2) is 6.64. The highest BCUT2D eigenvalue weighted by Crippen LogP contribution is 2.30. The van der Waals surface area contributed by atoms with Gasteiger partial charge in [-0.25, -0.2) is 0 Å². The van der Waals surface area contributed by atoms with Crippen molar-refractivity contribution in [3.63, 3.8) is 0 Å². The molecule has 0 radical (unpaired) electrons. The highest BCUT2D eigenvalue weighted by Gasteiger charge is 2.19. The van der Waals surface area contributed by atoms with Crippen LogP contribution in [0.25, 0.3) is 0 Å². The number of ether oxygens (including phenoxy) is 2. The largest absolute Gasteiger partial charge is 0.486 e. The molecule has 0 fully saturated rings. The van der Waals surface area contributed by atoms with Crippen LogP contribution < -0.4 is 14.8 Å². The third-order valence-corrected chi connectivity index (χ3v) is 3.75. The molecule has 1 aliphatic rings. The maximum atomic E-state index is 5.94. The lowest BCUT2D eigenvalue weighted by atomic mass is 10.1. The average Bonchev–Trinajstić information content (AvgIpc) is 2.55. The van der Waals surface area contributed by atoms with Crippen molar-refractivity contribution in [3.05, 3.63) is 59.7 Å². The second-order valence-electron chi connectivity index (χ2n) is 5.25. The van der Waals surface area contributed by atoms with Crippen LogP contribution in [0.4, 0.5) is 0 Å². The first-order valence-electron chi connectivity index (χ1n) is 7.53. The van der Waals surface area contributed by atoms with Gasteiger partial charge in [0.15, 0.2) is 11.5 Å². The lowest BCUT2D eigenvalue weighted by molar-refractivity contribution is 0.0902. The number of hydrogen-bond acceptors (Lipinski definition) is 3. The van der Waals surface area contributed by atoms with E-state index in [1.165, 1.54) is 11.1 Å². The zero-order chi connectivity index (χ0) is 14.5. The molecule has 3 nitrogen and oxygen atoms in total.